The second kappa shape index (κ2) is 12.2. The van der Waals surface area contributed by atoms with E-state index in [9.17, 15) is 27.9 Å². The first-order chi connectivity index (χ1) is 19.6. The predicted octanol–water partition coefficient (Wildman–Crippen LogP) is 5.86. The van der Waals surface area contributed by atoms with Crippen LogP contribution in [-0.4, -0.2) is 61.5 Å². The van der Waals surface area contributed by atoms with Gasteiger partial charge in [0, 0.05) is 37.2 Å². The van der Waals surface area contributed by atoms with E-state index in [1.54, 1.807) is 25.1 Å². The third-order valence-electron chi connectivity index (χ3n) is 9.04. The maximum Gasteiger partial charge on any atom is 0.573 e. The molecule has 0 amide bonds. The molecule has 4 atom stereocenters. The van der Waals surface area contributed by atoms with Crippen molar-refractivity contribution in [3.05, 3.63) is 59.9 Å². The highest BCUT2D eigenvalue weighted by molar-refractivity contribution is 5.51. The number of rotatable bonds is 9. The molecule has 2 saturated heterocycles. The predicted molar refractivity (Wildman–Crippen MR) is 146 cm³/mol. The van der Waals surface area contributed by atoms with Crippen LogP contribution in [0.1, 0.15) is 44.6 Å². The van der Waals surface area contributed by atoms with Crippen molar-refractivity contribution in [2.45, 2.75) is 63.2 Å². The molecular formula is C31H37F4N3O3. The molecule has 10 heteroatoms. The summed E-state index contributed by atoms with van der Waals surface area (Å²) in [4.78, 5) is 4.56. The van der Waals surface area contributed by atoms with Gasteiger partial charge in [-0.3, -0.25) is 0 Å². The number of ether oxygens (including phenoxy) is 2. The topological polar surface area (TPSA) is 69.0 Å². The van der Waals surface area contributed by atoms with Crippen molar-refractivity contribution < 1.29 is 32.1 Å². The van der Waals surface area contributed by atoms with Gasteiger partial charge in [-0.2, -0.15) is 5.26 Å². The van der Waals surface area contributed by atoms with Crippen molar-refractivity contribution in [3.63, 3.8) is 0 Å². The summed E-state index contributed by atoms with van der Waals surface area (Å²) in [7, 11) is 0. The van der Waals surface area contributed by atoms with Gasteiger partial charge < -0.3 is 24.4 Å². The largest absolute Gasteiger partial charge is 0.573 e. The number of hydrogen-bond acceptors (Lipinski definition) is 6. The summed E-state index contributed by atoms with van der Waals surface area (Å²) < 4.78 is 61.5. The van der Waals surface area contributed by atoms with Crippen LogP contribution in [0.5, 0.6) is 5.75 Å². The van der Waals surface area contributed by atoms with Gasteiger partial charge in [0.05, 0.1) is 17.6 Å². The van der Waals surface area contributed by atoms with Gasteiger partial charge in [0.15, 0.2) is 6.29 Å². The van der Waals surface area contributed by atoms with Crippen LogP contribution in [0.2, 0.25) is 0 Å². The molecule has 2 unspecified atom stereocenters. The Bertz CT molecular complexity index is 1200. The van der Waals surface area contributed by atoms with Crippen molar-refractivity contribution in [1.29, 1.82) is 5.26 Å². The highest BCUT2D eigenvalue weighted by Crippen LogP contribution is 2.51. The lowest BCUT2D eigenvalue weighted by Crippen LogP contribution is -2.54. The van der Waals surface area contributed by atoms with Gasteiger partial charge in [0.2, 0.25) is 0 Å². The summed E-state index contributed by atoms with van der Waals surface area (Å²) in [5, 5.41) is 20.7. The standard InChI is InChI=1S/C31H37F4N3O3/c1-21(39)40-29-7-3-6-28(29)30(20-36,24-4-2-5-25(32)16-24)23-12-14-37(15-13-23)17-22-18-38(19-22)26-8-10-27(11-9-26)41-31(33,34)35/h2,4-5,8-11,16,21-23,28-29,39H,3,6-7,12-15,17-19H2,1H3/t21?,28-,29-,30?/m1/s1. The number of benzene rings is 2. The van der Waals surface area contributed by atoms with Crippen LogP contribution in [0.25, 0.3) is 0 Å². The van der Waals surface area contributed by atoms with Crippen LogP contribution in [0.15, 0.2) is 48.5 Å². The van der Waals surface area contributed by atoms with E-state index in [-0.39, 0.29) is 29.5 Å². The number of aliphatic hydroxyl groups excluding tert-OH is 1. The summed E-state index contributed by atoms with van der Waals surface area (Å²) >= 11 is 0. The number of nitriles is 1. The quantitative estimate of drug-likeness (QED) is 0.299. The molecule has 1 saturated carbocycles. The minimum absolute atomic E-state index is 0.0315. The first-order valence-electron chi connectivity index (χ1n) is 14.4. The van der Waals surface area contributed by atoms with Gasteiger partial charge in [0.1, 0.15) is 11.6 Å². The average Bonchev–Trinajstić information content (AvgIpc) is 3.35. The van der Waals surface area contributed by atoms with Crippen LogP contribution in [-0.2, 0) is 10.2 Å². The third-order valence-corrected chi connectivity index (χ3v) is 9.04. The van der Waals surface area contributed by atoms with Gasteiger partial charge in [-0.05, 0) is 93.6 Å². The van der Waals surface area contributed by atoms with Crippen LogP contribution in [0.4, 0.5) is 23.2 Å². The van der Waals surface area contributed by atoms with Gasteiger partial charge in [-0.25, -0.2) is 4.39 Å². The lowest BCUT2D eigenvalue weighted by Gasteiger charge is -2.48. The molecule has 3 aliphatic rings. The molecule has 2 aromatic rings. The number of halogens is 4. The van der Waals surface area contributed by atoms with Gasteiger partial charge in [0.25, 0.3) is 0 Å². The van der Waals surface area contributed by atoms with E-state index in [1.807, 2.05) is 6.07 Å². The Morgan fingerprint density at radius 1 is 1.05 bits per heavy atom. The Hall–Kier alpha value is -2.87. The first-order valence-corrected chi connectivity index (χ1v) is 14.4. The Kier molecular flexibility index (Phi) is 8.78. The molecule has 1 N–H and O–H groups in total. The van der Waals surface area contributed by atoms with E-state index in [4.69, 9.17) is 4.74 Å². The second-order valence-corrected chi connectivity index (χ2v) is 11.7. The molecule has 5 rings (SSSR count). The average molecular weight is 576 g/mol. The van der Waals surface area contributed by atoms with Crippen LogP contribution < -0.4 is 9.64 Å². The summed E-state index contributed by atoms with van der Waals surface area (Å²) in [5.41, 5.74) is 0.666. The summed E-state index contributed by atoms with van der Waals surface area (Å²) in [6.45, 7) is 5.81. The van der Waals surface area contributed by atoms with E-state index in [0.29, 0.717) is 11.5 Å². The zero-order valence-corrected chi connectivity index (χ0v) is 23.2. The number of anilines is 1. The van der Waals surface area contributed by atoms with E-state index in [2.05, 4.69) is 20.6 Å². The van der Waals surface area contributed by atoms with Gasteiger partial charge in [-0.1, -0.05) is 18.6 Å². The van der Waals surface area contributed by atoms with Gasteiger partial charge >= 0.3 is 6.36 Å². The smallest absolute Gasteiger partial charge is 0.406 e. The zero-order valence-electron chi connectivity index (χ0n) is 23.2. The van der Waals surface area contributed by atoms with E-state index in [0.717, 1.165) is 70.5 Å². The molecule has 3 fully saturated rings. The fraction of sp³-hybridized carbons (Fsp3) is 0.581. The lowest BCUT2D eigenvalue weighted by molar-refractivity contribution is -0.274. The molecule has 1 aliphatic carbocycles. The minimum Gasteiger partial charge on any atom is -0.406 e. The fourth-order valence-electron chi connectivity index (χ4n) is 7.29. The molecule has 2 aliphatic heterocycles. The lowest BCUT2D eigenvalue weighted by atomic mass is 9.59. The molecule has 41 heavy (non-hydrogen) atoms. The number of piperidine rings is 1. The summed E-state index contributed by atoms with van der Waals surface area (Å²) in [6.07, 6.45) is -1.82. The minimum atomic E-state index is -4.70. The number of aliphatic hydroxyl groups is 1. The van der Waals surface area contributed by atoms with Crippen LogP contribution in [0, 0.1) is 34.9 Å². The first kappa shape index (κ1) is 29.6. The van der Waals surface area contributed by atoms with Crippen molar-refractivity contribution in [1.82, 2.24) is 4.90 Å². The van der Waals surface area contributed by atoms with Crippen LogP contribution in [0.3, 0.4) is 0 Å². The van der Waals surface area contributed by atoms with Crippen molar-refractivity contribution >= 4 is 5.69 Å². The monoisotopic (exact) mass is 575 g/mol. The molecule has 0 radical (unpaired) electrons. The SMILES string of the molecule is CC(O)O[C@@H]1CCC[C@H]1C(C#N)(c1cccc(F)c1)C1CCN(CC2CN(c3ccc(OC(F)(F)F)cc3)C2)CC1. The molecule has 222 valence electrons. The molecule has 0 spiro atoms. The molecule has 6 nitrogen and oxygen atoms in total. The number of alkyl halides is 3. The summed E-state index contributed by atoms with van der Waals surface area (Å²) in [6, 6.07) is 15.1. The van der Waals surface area contributed by atoms with Crippen molar-refractivity contribution in [2.75, 3.05) is 37.6 Å². The maximum absolute atomic E-state index is 14.4. The van der Waals surface area contributed by atoms with Crippen LogP contribution >= 0.6 is 0 Å². The fourth-order valence-corrected chi connectivity index (χ4v) is 7.29. The molecule has 0 aromatic heterocycles. The number of hydrogen-bond donors (Lipinski definition) is 1. The normalized spacial score (nSPS) is 24.9. The Morgan fingerprint density at radius 3 is 2.37 bits per heavy atom. The van der Waals surface area contributed by atoms with E-state index >= 15 is 0 Å². The maximum atomic E-state index is 14.4. The van der Waals surface area contributed by atoms with Crippen molar-refractivity contribution in [2.24, 2.45) is 17.8 Å². The highest BCUT2D eigenvalue weighted by Gasteiger charge is 2.53. The number of nitrogens with zero attached hydrogens (tertiary/aromatic N) is 3. The van der Waals surface area contributed by atoms with E-state index < -0.39 is 18.1 Å². The molecule has 2 aromatic carbocycles. The second-order valence-electron chi connectivity index (χ2n) is 11.7. The Morgan fingerprint density at radius 2 is 1.76 bits per heavy atom. The molecule has 0 bridgehead atoms. The Labute approximate surface area is 238 Å². The zero-order chi connectivity index (χ0) is 29.2. The molecule has 2 heterocycles. The number of likely N-dealkylation sites (tertiary alicyclic amines) is 1. The Balaban J connectivity index is 1.21. The van der Waals surface area contributed by atoms with E-state index in [1.165, 1.54) is 24.3 Å². The highest BCUT2D eigenvalue weighted by atomic mass is 19.4. The van der Waals surface area contributed by atoms with Crippen molar-refractivity contribution in [3.8, 4) is 11.8 Å². The van der Waals surface area contributed by atoms with Gasteiger partial charge in [-0.15, -0.1) is 13.2 Å². The molecular weight excluding hydrogens is 538 g/mol. The summed E-state index contributed by atoms with van der Waals surface area (Å²) in [5.74, 6) is -0.241. The third kappa shape index (κ3) is 6.63.